The van der Waals surface area contributed by atoms with E-state index in [4.69, 9.17) is 28.2 Å². The number of nitrogens with one attached hydrogen (secondary N) is 1. The van der Waals surface area contributed by atoms with Crippen molar-refractivity contribution < 1.29 is 9.59 Å². The van der Waals surface area contributed by atoms with Gasteiger partial charge in [0.25, 0.3) is 5.91 Å². The van der Waals surface area contributed by atoms with Crippen LogP contribution in [0.2, 0.25) is 10.0 Å². The molecule has 0 aromatic heterocycles. The van der Waals surface area contributed by atoms with E-state index in [-0.39, 0.29) is 30.3 Å². The molecular formula is C26H26Cl2N4O2S. The van der Waals surface area contributed by atoms with Gasteiger partial charge in [-0.2, -0.15) is 0 Å². The average molecular weight is 529 g/mol. The molecule has 1 saturated heterocycles. The number of benzene rings is 2. The van der Waals surface area contributed by atoms with Gasteiger partial charge in [-0.05, 0) is 60.0 Å². The van der Waals surface area contributed by atoms with Crippen LogP contribution in [-0.2, 0) is 15.1 Å². The highest BCUT2D eigenvalue weighted by Gasteiger charge is 2.53. The molecule has 2 aromatic carbocycles. The number of hydrogen-bond acceptors (Lipinski definition) is 5. The van der Waals surface area contributed by atoms with Gasteiger partial charge >= 0.3 is 0 Å². The van der Waals surface area contributed by atoms with E-state index in [1.807, 2.05) is 48.5 Å². The first-order chi connectivity index (χ1) is 16.7. The first kappa shape index (κ1) is 24.2. The monoisotopic (exact) mass is 528 g/mol. The van der Waals surface area contributed by atoms with Crippen molar-refractivity contribution in [3.8, 4) is 0 Å². The SMILES string of the molecule is CC(C)C1=C(C(=O)N2CCNC(=O)C2)SC2=N[C@@](C)(c3ccc(Cl)cc3)[C@@H](c3ccc(Cl)cc3)N21. The fraction of sp³-hybridized carbons (Fsp3) is 0.346. The van der Waals surface area contributed by atoms with Crippen LogP contribution in [0.4, 0.5) is 0 Å². The van der Waals surface area contributed by atoms with Crippen LogP contribution in [0.15, 0.2) is 64.1 Å². The van der Waals surface area contributed by atoms with Crippen LogP contribution in [0.1, 0.15) is 37.9 Å². The van der Waals surface area contributed by atoms with E-state index in [1.54, 1.807) is 4.90 Å². The zero-order valence-corrected chi connectivity index (χ0v) is 22.0. The summed E-state index contributed by atoms with van der Waals surface area (Å²) in [5.41, 5.74) is 2.41. The van der Waals surface area contributed by atoms with Crippen molar-refractivity contribution in [1.29, 1.82) is 0 Å². The summed E-state index contributed by atoms with van der Waals surface area (Å²) >= 11 is 13.8. The zero-order chi connectivity index (χ0) is 24.9. The number of allylic oxidation sites excluding steroid dienone is 1. The van der Waals surface area contributed by atoms with E-state index >= 15 is 0 Å². The van der Waals surface area contributed by atoms with Gasteiger partial charge in [0.2, 0.25) is 5.91 Å². The molecule has 35 heavy (non-hydrogen) atoms. The number of carbonyl (C=O) groups is 2. The summed E-state index contributed by atoms with van der Waals surface area (Å²) in [5.74, 6) is -0.185. The van der Waals surface area contributed by atoms with Gasteiger partial charge in [0.15, 0.2) is 5.17 Å². The minimum Gasteiger partial charge on any atom is -0.353 e. The molecule has 0 unspecified atom stereocenters. The molecule has 3 aliphatic heterocycles. The van der Waals surface area contributed by atoms with Crippen LogP contribution < -0.4 is 5.32 Å². The van der Waals surface area contributed by atoms with Crippen LogP contribution in [0.5, 0.6) is 0 Å². The van der Waals surface area contributed by atoms with E-state index in [1.165, 1.54) is 11.8 Å². The molecule has 6 nitrogen and oxygen atoms in total. The fourth-order valence-corrected chi connectivity index (χ4v) is 6.65. The van der Waals surface area contributed by atoms with Crippen LogP contribution in [0, 0.1) is 5.92 Å². The first-order valence-electron chi connectivity index (χ1n) is 11.6. The van der Waals surface area contributed by atoms with E-state index in [9.17, 15) is 9.59 Å². The Labute approximate surface area is 219 Å². The van der Waals surface area contributed by atoms with Crippen molar-refractivity contribution in [2.24, 2.45) is 10.9 Å². The highest BCUT2D eigenvalue weighted by atomic mass is 35.5. The number of rotatable bonds is 4. The Morgan fingerprint density at radius 3 is 2.34 bits per heavy atom. The van der Waals surface area contributed by atoms with Crippen LogP contribution in [0.25, 0.3) is 0 Å². The zero-order valence-electron chi connectivity index (χ0n) is 19.7. The van der Waals surface area contributed by atoms with E-state index in [0.29, 0.717) is 28.0 Å². The van der Waals surface area contributed by atoms with Gasteiger partial charge in [0, 0.05) is 28.8 Å². The lowest BCUT2D eigenvalue weighted by atomic mass is 9.81. The molecule has 2 aromatic rings. The van der Waals surface area contributed by atoms with Crippen molar-refractivity contribution in [2.75, 3.05) is 19.6 Å². The molecule has 5 rings (SSSR count). The number of piperazine rings is 1. The quantitative estimate of drug-likeness (QED) is 0.592. The lowest BCUT2D eigenvalue weighted by Gasteiger charge is -2.37. The lowest BCUT2D eigenvalue weighted by molar-refractivity contribution is -0.135. The first-order valence-corrected chi connectivity index (χ1v) is 13.1. The Hall–Kier alpha value is -2.48. The predicted molar refractivity (Wildman–Crippen MR) is 141 cm³/mol. The van der Waals surface area contributed by atoms with E-state index < -0.39 is 5.54 Å². The molecule has 2 amide bonds. The second-order valence-corrected chi connectivity index (χ2v) is 11.3. The molecule has 0 bridgehead atoms. The number of fused-ring (bicyclic) bond motifs is 1. The Bertz CT molecular complexity index is 1240. The topological polar surface area (TPSA) is 65.0 Å². The maximum atomic E-state index is 13.6. The molecule has 3 aliphatic rings. The highest BCUT2D eigenvalue weighted by Crippen LogP contribution is 2.56. The lowest BCUT2D eigenvalue weighted by Crippen LogP contribution is -2.50. The van der Waals surface area contributed by atoms with Crippen molar-refractivity contribution in [2.45, 2.75) is 32.4 Å². The van der Waals surface area contributed by atoms with Gasteiger partial charge in [-0.3, -0.25) is 9.59 Å². The molecule has 0 radical (unpaired) electrons. The molecular weight excluding hydrogens is 503 g/mol. The largest absolute Gasteiger partial charge is 0.353 e. The molecule has 0 saturated carbocycles. The van der Waals surface area contributed by atoms with Gasteiger partial charge in [-0.25, -0.2) is 4.99 Å². The summed E-state index contributed by atoms with van der Waals surface area (Å²) in [7, 11) is 0. The van der Waals surface area contributed by atoms with Gasteiger partial charge in [-0.15, -0.1) is 0 Å². The van der Waals surface area contributed by atoms with Crippen molar-refractivity contribution in [1.82, 2.24) is 15.1 Å². The number of thioether (sulfide) groups is 1. The van der Waals surface area contributed by atoms with Crippen LogP contribution >= 0.6 is 35.0 Å². The van der Waals surface area contributed by atoms with Gasteiger partial charge in [-0.1, -0.05) is 61.3 Å². The third-order valence-corrected chi connectivity index (χ3v) is 8.25. The summed E-state index contributed by atoms with van der Waals surface area (Å²) in [6, 6.07) is 15.4. The Morgan fingerprint density at radius 1 is 1.11 bits per heavy atom. The van der Waals surface area contributed by atoms with Gasteiger partial charge in [0.05, 0.1) is 12.6 Å². The summed E-state index contributed by atoms with van der Waals surface area (Å²) < 4.78 is 0. The van der Waals surface area contributed by atoms with E-state index in [0.717, 1.165) is 22.0 Å². The summed E-state index contributed by atoms with van der Waals surface area (Å²) in [6.45, 7) is 7.33. The summed E-state index contributed by atoms with van der Waals surface area (Å²) in [5, 5.41) is 4.91. The third kappa shape index (κ3) is 4.24. The normalized spacial score (nSPS) is 24.1. The van der Waals surface area contributed by atoms with Crippen molar-refractivity contribution in [3.63, 3.8) is 0 Å². The van der Waals surface area contributed by atoms with Crippen molar-refractivity contribution >= 4 is 51.9 Å². The Balaban J connectivity index is 1.62. The van der Waals surface area contributed by atoms with Gasteiger partial charge < -0.3 is 15.1 Å². The molecule has 1 fully saturated rings. The molecule has 182 valence electrons. The molecule has 9 heteroatoms. The standard InChI is InChI=1S/C26H26Cl2N4O2S/c1-15(2)21-22(24(34)31-13-12-29-20(33)14-31)35-25-30-26(3,17-6-10-19(28)11-7-17)23(32(21)25)16-4-8-18(27)9-5-16/h4-11,15,23H,12-14H2,1-3H3,(H,29,33)/t23-,26+/m1/s1. The molecule has 0 aliphatic carbocycles. The van der Waals surface area contributed by atoms with Crippen LogP contribution in [-0.4, -0.2) is 46.4 Å². The van der Waals surface area contributed by atoms with Crippen molar-refractivity contribution in [3.05, 3.63) is 80.3 Å². The number of halogens is 2. The average Bonchev–Trinajstić information content (AvgIpc) is 3.32. The third-order valence-electron chi connectivity index (χ3n) is 6.69. The maximum absolute atomic E-state index is 13.6. The summed E-state index contributed by atoms with van der Waals surface area (Å²) in [4.78, 5) is 35.3. The van der Waals surface area contributed by atoms with E-state index in [2.05, 4.69) is 31.0 Å². The number of hydrogen-bond donors (Lipinski definition) is 1. The second-order valence-electron chi connectivity index (χ2n) is 9.42. The minimum atomic E-state index is -0.611. The Morgan fingerprint density at radius 2 is 1.74 bits per heavy atom. The summed E-state index contributed by atoms with van der Waals surface area (Å²) in [6.07, 6.45) is 0. The number of amides is 2. The molecule has 3 heterocycles. The number of nitrogens with zero attached hydrogens (tertiary/aromatic N) is 3. The maximum Gasteiger partial charge on any atom is 0.263 e. The highest BCUT2D eigenvalue weighted by molar-refractivity contribution is 8.18. The Kier molecular flexibility index (Phi) is 6.36. The smallest absolute Gasteiger partial charge is 0.263 e. The van der Waals surface area contributed by atoms with Crippen LogP contribution in [0.3, 0.4) is 0 Å². The van der Waals surface area contributed by atoms with Gasteiger partial charge in [0.1, 0.15) is 10.4 Å². The molecule has 1 N–H and O–H groups in total. The minimum absolute atomic E-state index is 0.0649. The predicted octanol–water partition coefficient (Wildman–Crippen LogP) is 5.19. The number of aliphatic imine (C=N–C) groups is 1. The number of amidine groups is 1. The number of carbonyl (C=O) groups excluding carboxylic acids is 2. The second kappa shape index (κ2) is 9.19. The molecule has 0 spiro atoms. The molecule has 2 atom stereocenters. The fourth-order valence-electron chi connectivity index (χ4n) is 5.02.